The van der Waals surface area contributed by atoms with Crippen LogP contribution in [0.1, 0.15) is 41.6 Å². The van der Waals surface area contributed by atoms with Gasteiger partial charge < -0.3 is 14.8 Å². The van der Waals surface area contributed by atoms with Gasteiger partial charge in [0.05, 0.1) is 19.3 Å². The van der Waals surface area contributed by atoms with E-state index < -0.39 is 10.2 Å². The number of hydrogen-bond donors (Lipinski definition) is 3. The minimum absolute atomic E-state index is 0.160. The van der Waals surface area contributed by atoms with Gasteiger partial charge in [0.2, 0.25) is 0 Å². The first kappa shape index (κ1) is 25.2. The second kappa shape index (κ2) is 11.6. The molecule has 8 nitrogen and oxygen atoms in total. The maximum absolute atomic E-state index is 12.9. The van der Waals surface area contributed by atoms with Crippen molar-refractivity contribution in [3.8, 4) is 5.75 Å². The molecule has 0 aromatic heterocycles. The van der Waals surface area contributed by atoms with E-state index in [0.29, 0.717) is 37.3 Å². The van der Waals surface area contributed by atoms with Gasteiger partial charge in [0.15, 0.2) is 0 Å². The third-order valence-electron chi connectivity index (χ3n) is 6.19. The molecule has 0 bridgehead atoms. The molecule has 0 heterocycles. The van der Waals surface area contributed by atoms with Crippen LogP contribution in [0.4, 0.5) is 0 Å². The Balaban J connectivity index is 1.69. The topological polar surface area (TPSA) is 106 Å². The number of nitrogens with one attached hydrogen (secondary N) is 3. The van der Waals surface area contributed by atoms with E-state index in [1.165, 1.54) is 7.11 Å². The Bertz CT molecular complexity index is 1010. The van der Waals surface area contributed by atoms with E-state index in [4.69, 9.17) is 9.47 Å². The van der Waals surface area contributed by atoms with Crippen LogP contribution < -0.4 is 19.5 Å². The van der Waals surface area contributed by atoms with E-state index in [0.717, 1.165) is 18.4 Å². The number of rotatable bonds is 11. The molecular weight excluding hydrogens is 442 g/mol. The molecule has 0 aliphatic heterocycles. The summed E-state index contributed by atoms with van der Waals surface area (Å²) in [5, 5.41) is 3.10. The number of para-hydroxylation sites is 1. The predicted molar refractivity (Wildman–Crippen MR) is 128 cm³/mol. The highest BCUT2D eigenvalue weighted by atomic mass is 32.2. The first-order chi connectivity index (χ1) is 15.9. The summed E-state index contributed by atoms with van der Waals surface area (Å²) in [6.07, 6.45) is 2.83. The van der Waals surface area contributed by atoms with Gasteiger partial charge in [0, 0.05) is 31.7 Å². The molecule has 1 amide bonds. The van der Waals surface area contributed by atoms with Crippen LogP contribution in [-0.4, -0.2) is 54.3 Å². The lowest BCUT2D eigenvalue weighted by molar-refractivity contribution is 0.0932. The van der Waals surface area contributed by atoms with Crippen molar-refractivity contribution in [1.29, 1.82) is 0 Å². The van der Waals surface area contributed by atoms with Gasteiger partial charge in [-0.05, 0) is 43.4 Å². The first-order valence-corrected chi connectivity index (χ1v) is 12.6. The molecule has 1 fully saturated rings. The zero-order valence-corrected chi connectivity index (χ0v) is 20.0. The average molecular weight is 476 g/mol. The Morgan fingerprint density at radius 2 is 1.70 bits per heavy atom. The Morgan fingerprint density at radius 1 is 1.03 bits per heavy atom. The quantitative estimate of drug-likeness (QED) is 0.433. The highest BCUT2D eigenvalue weighted by Crippen LogP contribution is 2.39. The highest BCUT2D eigenvalue weighted by Gasteiger charge is 2.38. The minimum atomic E-state index is -3.59. The van der Waals surface area contributed by atoms with Gasteiger partial charge in [-0.2, -0.15) is 17.9 Å². The van der Waals surface area contributed by atoms with Crippen molar-refractivity contribution in [2.45, 2.75) is 37.1 Å². The molecule has 1 aliphatic carbocycles. The van der Waals surface area contributed by atoms with Crippen LogP contribution in [0.15, 0.2) is 54.6 Å². The Morgan fingerprint density at radius 3 is 2.36 bits per heavy atom. The standard InChI is InChI=1S/C24H33N3O5S/c1-31-17-16-26-33(29,30)27-20-12-14-24(15-13-20,19-8-4-3-5-9-19)18-25-23(28)21-10-6-7-11-22(21)32-2/h3-11,20,26-27H,12-18H2,1-2H3,(H,25,28)/t20-,24-. The van der Waals surface area contributed by atoms with Crippen molar-refractivity contribution in [3.63, 3.8) is 0 Å². The Hall–Kier alpha value is -2.46. The summed E-state index contributed by atoms with van der Waals surface area (Å²) in [7, 11) is -0.516. The third kappa shape index (κ3) is 6.77. The van der Waals surface area contributed by atoms with Crippen molar-refractivity contribution in [2.24, 2.45) is 0 Å². The molecule has 0 unspecified atom stereocenters. The van der Waals surface area contributed by atoms with Gasteiger partial charge in [0.25, 0.3) is 16.1 Å². The number of benzene rings is 2. The second-order valence-electron chi connectivity index (χ2n) is 8.31. The van der Waals surface area contributed by atoms with Crippen LogP contribution in [0.3, 0.4) is 0 Å². The lowest BCUT2D eigenvalue weighted by Crippen LogP contribution is -2.49. The number of methoxy groups -OCH3 is 2. The van der Waals surface area contributed by atoms with E-state index in [9.17, 15) is 13.2 Å². The Kier molecular flexibility index (Phi) is 8.85. The average Bonchev–Trinajstić information content (AvgIpc) is 2.84. The van der Waals surface area contributed by atoms with Gasteiger partial charge in [0.1, 0.15) is 5.75 Å². The smallest absolute Gasteiger partial charge is 0.277 e. The summed E-state index contributed by atoms with van der Waals surface area (Å²) < 4.78 is 40.1. The van der Waals surface area contributed by atoms with Gasteiger partial charge in [-0.25, -0.2) is 0 Å². The normalized spacial score (nSPS) is 20.8. The maximum atomic E-state index is 12.9. The number of amides is 1. The summed E-state index contributed by atoms with van der Waals surface area (Å²) in [6, 6.07) is 17.1. The number of carbonyl (C=O) groups excluding carboxylic acids is 1. The summed E-state index contributed by atoms with van der Waals surface area (Å²) in [5.41, 5.74) is 1.36. The van der Waals surface area contributed by atoms with Crippen molar-refractivity contribution < 1.29 is 22.7 Å². The molecule has 3 N–H and O–H groups in total. The molecule has 2 aromatic carbocycles. The van der Waals surface area contributed by atoms with E-state index in [1.807, 2.05) is 30.3 Å². The summed E-state index contributed by atoms with van der Waals surface area (Å²) in [5.74, 6) is 0.343. The summed E-state index contributed by atoms with van der Waals surface area (Å²) in [4.78, 5) is 12.9. The minimum Gasteiger partial charge on any atom is -0.496 e. The fourth-order valence-corrected chi connectivity index (χ4v) is 5.47. The first-order valence-electron chi connectivity index (χ1n) is 11.1. The van der Waals surface area contributed by atoms with Crippen molar-refractivity contribution in [2.75, 3.05) is 33.9 Å². The SMILES string of the molecule is COCCNS(=O)(=O)N[C@H]1CC[C@](CNC(=O)c2ccccc2OC)(c2ccccc2)CC1. The van der Waals surface area contributed by atoms with E-state index in [2.05, 4.69) is 26.9 Å². The van der Waals surface area contributed by atoms with Crippen molar-refractivity contribution in [1.82, 2.24) is 14.8 Å². The number of hydrogen-bond acceptors (Lipinski definition) is 5. The van der Waals surface area contributed by atoms with Crippen LogP contribution >= 0.6 is 0 Å². The van der Waals surface area contributed by atoms with Crippen LogP contribution in [0, 0.1) is 0 Å². The van der Waals surface area contributed by atoms with Crippen molar-refractivity contribution in [3.05, 3.63) is 65.7 Å². The van der Waals surface area contributed by atoms with E-state index in [-0.39, 0.29) is 23.9 Å². The summed E-state index contributed by atoms with van der Waals surface area (Å²) >= 11 is 0. The summed E-state index contributed by atoms with van der Waals surface area (Å²) in [6.45, 7) is 0.996. The molecule has 1 aliphatic rings. The second-order valence-corrected chi connectivity index (χ2v) is 9.84. The van der Waals surface area contributed by atoms with E-state index >= 15 is 0 Å². The zero-order chi connectivity index (χ0) is 23.7. The van der Waals surface area contributed by atoms with Crippen LogP contribution in [0.2, 0.25) is 0 Å². The molecule has 33 heavy (non-hydrogen) atoms. The molecular formula is C24H33N3O5S. The molecule has 180 valence electrons. The maximum Gasteiger partial charge on any atom is 0.277 e. The largest absolute Gasteiger partial charge is 0.496 e. The zero-order valence-electron chi connectivity index (χ0n) is 19.2. The Labute approximate surface area is 196 Å². The third-order valence-corrected chi connectivity index (χ3v) is 7.42. The molecule has 0 saturated heterocycles. The molecule has 0 atom stereocenters. The number of ether oxygens (including phenoxy) is 2. The molecule has 0 radical (unpaired) electrons. The van der Waals surface area contributed by atoms with Crippen molar-refractivity contribution >= 4 is 16.1 Å². The van der Waals surface area contributed by atoms with Crippen LogP contribution in [-0.2, 0) is 20.4 Å². The molecule has 1 saturated carbocycles. The van der Waals surface area contributed by atoms with Gasteiger partial charge in [-0.3, -0.25) is 4.79 Å². The van der Waals surface area contributed by atoms with Gasteiger partial charge >= 0.3 is 0 Å². The van der Waals surface area contributed by atoms with Crippen LogP contribution in [0.25, 0.3) is 0 Å². The molecule has 2 aromatic rings. The lowest BCUT2D eigenvalue weighted by Gasteiger charge is -2.41. The fourth-order valence-electron chi connectivity index (χ4n) is 4.36. The predicted octanol–water partition coefficient (Wildman–Crippen LogP) is 2.38. The molecule has 3 rings (SSSR count). The number of carbonyl (C=O) groups is 1. The van der Waals surface area contributed by atoms with Gasteiger partial charge in [-0.1, -0.05) is 42.5 Å². The highest BCUT2D eigenvalue weighted by molar-refractivity contribution is 7.87. The van der Waals surface area contributed by atoms with Crippen LogP contribution in [0.5, 0.6) is 5.75 Å². The molecule has 0 spiro atoms. The monoisotopic (exact) mass is 475 g/mol. The fraction of sp³-hybridized carbons (Fsp3) is 0.458. The molecule has 9 heteroatoms. The van der Waals surface area contributed by atoms with E-state index in [1.54, 1.807) is 19.2 Å². The lowest BCUT2D eigenvalue weighted by atomic mass is 9.68. The van der Waals surface area contributed by atoms with Gasteiger partial charge in [-0.15, -0.1) is 0 Å².